The van der Waals surface area contributed by atoms with Crippen molar-refractivity contribution >= 4 is 5.69 Å². The van der Waals surface area contributed by atoms with E-state index in [1.54, 1.807) is 13.1 Å². The van der Waals surface area contributed by atoms with E-state index in [-0.39, 0.29) is 17.3 Å². The van der Waals surface area contributed by atoms with Gasteiger partial charge in [-0.3, -0.25) is 0 Å². The van der Waals surface area contributed by atoms with Gasteiger partial charge in [-0.25, -0.2) is 0 Å². The van der Waals surface area contributed by atoms with E-state index >= 15 is 0 Å². The van der Waals surface area contributed by atoms with Gasteiger partial charge >= 0.3 is 0 Å². The summed E-state index contributed by atoms with van der Waals surface area (Å²) in [6, 6.07) is 3.53. The van der Waals surface area contributed by atoms with Gasteiger partial charge < -0.3 is 20.8 Å². The van der Waals surface area contributed by atoms with Gasteiger partial charge in [-0.05, 0) is 50.8 Å². The second kappa shape index (κ2) is 5.02. The number of anilines is 1. The molecule has 0 amide bonds. The van der Waals surface area contributed by atoms with Gasteiger partial charge in [0.25, 0.3) is 0 Å². The van der Waals surface area contributed by atoms with Gasteiger partial charge in [-0.2, -0.15) is 0 Å². The highest BCUT2D eigenvalue weighted by Gasteiger charge is 2.32. The molecule has 19 heavy (non-hydrogen) atoms. The lowest BCUT2D eigenvalue weighted by atomic mass is 9.83. The van der Waals surface area contributed by atoms with Gasteiger partial charge in [-0.1, -0.05) is 6.07 Å². The predicted octanol–water partition coefficient (Wildman–Crippen LogP) is 2.17. The molecule has 1 aromatic carbocycles. The fraction of sp³-hybridized carbons (Fsp3) is 0.600. The molecule has 0 aliphatic heterocycles. The first-order chi connectivity index (χ1) is 8.83. The summed E-state index contributed by atoms with van der Waals surface area (Å²) in [5.74, 6) is 0.246. The molecule has 4 heteroatoms. The summed E-state index contributed by atoms with van der Waals surface area (Å²) in [6.07, 6.45) is 1.18. The molecule has 106 valence electrons. The molecule has 0 spiro atoms. The Morgan fingerprint density at radius 1 is 1.26 bits per heavy atom. The molecule has 0 unspecified atom stereocenters. The monoisotopic (exact) mass is 264 g/mol. The van der Waals surface area contributed by atoms with E-state index in [4.69, 9.17) is 0 Å². The minimum Gasteiger partial charge on any atom is -0.506 e. The maximum atomic E-state index is 10.5. The Labute approximate surface area is 114 Å². The number of nitrogens with one attached hydrogen (secondary N) is 2. The van der Waals surface area contributed by atoms with E-state index < -0.39 is 6.10 Å². The number of aliphatic hydroxyl groups excluding tert-OH is 1. The lowest BCUT2D eigenvalue weighted by Gasteiger charge is -2.36. The Morgan fingerprint density at radius 2 is 1.95 bits per heavy atom. The zero-order valence-corrected chi connectivity index (χ0v) is 12.1. The highest BCUT2D eigenvalue weighted by atomic mass is 16.3. The fourth-order valence-corrected chi connectivity index (χ4v) is 2.86. The van der Waals surface area contributed by atoms with Crippen LogP contribution in [0, 0.1) is 0 Å². The van der Waals surface area contributed by atoms with Crippen LogP contribution < -0.4 is 10.6 Å². The molecular formula is C15H24N2O2. The van der Waals surface area contributed by atoms with Crippen LogP contribution in [-0.4, -0.2) is 28.8 Å². The van der Waals surface area contributed by atoms with E-state index in [1.807, 2.05) is 6.07 Å². The van der Waals surface area contributed by atoms with Crippen LogP contribution in [-0.2, 0) is 6.42 Å². The summed E-state index contributed by atoms with van der Waals surface area (Å²) in [5, 5.41) is 26.9. The molecule has 1 aromatic rings. The molecule has 4 N–H and O–H groups in total. The van der Waals surface area contributed by atoms with Crippen molar-refractivity contribution in [2.45, 2.75) is 51.3 Å². The number of phenols is 1. The summed E-state index contributed by atoms with van der Waals surface area (Å²) in [6.45, 7) is 6.31. The van der Waals surface area contributed by atoms with Crippen LogP contribution in [0.1, 0.15) is 44.4 Å². The number of phenolic OH excluding ortho intramolecular Hbond substituents is 1. The Morgan fingerprint density at radius 3 is 2.53 bits per heavy atom. The Hall–Kier alpha value is -1.26. The normalized spacial score (nSPS) is 23.0. The average molecular weight is 264 g/mol. The van der Waals surface area contributed by atoms with E-state index in [1.165, 1.54) is 0 Å². The maximum absolute atomic E-state index is 10.5. The molecule has 0 fully saturated rings. The number of hydrogen-bond donors (Lipinski definition) is 4. The minimum absolute atomic E-state index is 0.0219. The molecule has 0 saturated heterocycles. The summed E-state index contributed by atoms with van der Waals surface area (Å²) in [7, 11) is 1.79. The Kier molecular flexibility index (Phi) is 3.74. The molecule has 0 saturated carbocycles. The minimum atomic E-state index is -0.532. The Balaban J connectivity index is 2.32. The molecule has 4 nitrogen and oxygen atoms in total. The number of aliphatic hydroxyl groups is 1. The van der Waals surface area contributed by atoms with Crippen molar-refractivity contribution in [2.75, 3.05) is 12.4 Å². The van der Waals surface area contributed by atoms with E-state index in [2.05, 4.69) is 31.4 Å². The van der Waals surface area contributed by atoms with Gasteiger partial charge in [0.2, 0.25) is 0 Å². The van der Waals surface area contributed by atoms with Crippen molar-refractivity contribution in [1.29, 1.82) is 0 Å². The summed E-state index contributed by atoms with van der Waals surface area (Å²) >= 11 is 0. The lowest BCUT2D eigenvalue weighted by Crippen LogP contribution is -2.48. The van der Waals surface area contributed by atoms with E-state index in [9.17, 15) is 10.2 Å². The summed E-state index contributed by atoms with van der Waals surface area (Å²) in [4.78, 5) is 0. The fourth-order valence-electron chi connectivity index (χ4n) is 2.86. The molecule has 2 rings (SSSR count). The molecule has 0 aromatic heterocycles. The molecule has 0 bridgehead atoms. The van der Waals surface area contributed by atoms with Crippen LogP contribution in [0.25, 0.3) is 0 Å². The van der Waals surface area contributed by atoms with Crippen molar-refractivity contribution in [2.24, 2.45) is 0 Å². The van der Waals surface area contributed by atoms with Gasteiger partial charge in [0.05, 0.1) is 11.8 Å². The number of fused-ring (bicyclic) bond motifs is 1. The largest absolute Gasteiger partial charge is 0.506 e. The first-order valence-corrected chi connectivity index (χ1v) is 6.81. The zero-order chi connectivity index (χ0) is 14.2. The standard InChI is InChI=1S/C15H24N2O2/c1-15(2,3)17-11-7-5-9-10(14(11)19)6-8-12(18)13(9)16-4/h6,8,11,14,16-19H,5,7H2,1-4H3/t11-,14-/m1/s1. The van der Waals surface area contributed by atoms with Crippen molar-refractivity contribution in [3.63, 3.8) is 0 Å². The van der Waals surface area contributed by atoms with Crippen LogP contribution in [0.15, 0.2) is 12.1 Å². The first-order valence-electron chi connectivity index (χ1n) is 6.81. The van der Waals surface area contributed by atoms with Gasteiger partial charge in [0.15, 0.2) is 0 Å². The van der Waals surface area contributed by atoms with Gasteiger partial charge in [-0.15, -0.1) is 0 Å². The second-order valence-corrected chi connectivity index (χ2v) is 6.26. The van der Waals surface area contributed by atoms with Crippen molar-refractivity contribution in [1.82, 2.24) is 5.32 Å². The topological polar surface area (TPSA) is 64.5 Å². The lowest BCUT2D eigenvalue weighted by molar-refractivity contribution is 0.100. The summed E-state index contributed by atoms with van der Waals surface area (Å²) < 4.78 is 0. The number of hydrogen-bond acceptors (Lipinski definition) is 4. The van der Waals surface area contributed by atoms with Gasteiger partial charge in [0.1, 0.15) is 5.75 Å². The number of rotatable bonds is 2. The average Bonchev–Trinajstić information content (AvgIpc) is 2.31. The first kappa shape index (κ1) is 14.2. The molecule has 0 heterocycles. The Bertz CT molecular complexity index is 466. The van der Waals surface area contributed by atoms with Crippen LogP contribution in [0.2, 0.25) is 0 Å². The van der Waals surface area contributed by atoms with Crippen molar-refractivity contribution in [3.8, 4) is 5.75 Å². The third-order valence-electron chi connectivity index (χ3n) is 3.60. The SMILES string of the molecule is CNc1c(O)ccc2c1CC[C@@H](NC(C)(C)C)[C@@H]2O. The smallest absolute Gasteiger partial charge is 0.138 e. The number of benzene rings is 1. The van der Waals surface area contributed by atoms with Crippen LogP contribution in [0.5, 0.6) is 5.75 Å². The van der Waals surface area contributed by atoms with Crippen LogP contribution in [0.3, 0.4) is 0 Å². The maximum Gasteiger partial charge on any atom is 0.138 e. The third-order valence-corrected chi connectivity index (χ3v) is 3.60. The van der Waals surface area contributed by atoms with E-state index in [0.717, 1.165) is 29.7 Å². The molecule has 1 aliphatic rings. The van der Waals surface area contributed by atoms with Crippen LogP contribution in [0.4, 0.5) is 5.69 Å². The second-order valence-electron chi connectivity index (χ2n) is 6.26. The molecule has 0 radical (unpaired) electrons. The van der Waals surface area contributed by atoms with E-state index in [0.29, 0.717) is 0 Å². The predicted molar refractivity (Wildman–Crippen MR) is 77.6 cm³/mol. The third kappa shape index (κ3) is 2.85. The molecular weight excluding hydrogens is 240 g/mol. The summed E-state index contributed by atoms with van der Waals surface area (Å²) in [5.41, 5.74) is 2.66. The van der Waals surface area contributed by atoms with Crippen molar-refractivity contribution < 1.29 is 10.2 Å². The molecule has 1 aliphatic carbocycles. The van der Waals surface area contributed by atoms with Crippen LogP contribution >= 0.6 is 0 Å². The number of aromatic hydroxyl groups is 1. The molecule has 2 atom stereocenters. The quantitative estimate of drug-likeness (QED) is 0.618. The highest BCUT2D eigenvalue weighted by molar-refractivity contribution is 5.64. The zero-order valence-electron chi connectivity index (χ0n) is 12.1. The van der Waals surface area contributed by atoms with Crippen molar-refractivity contribution in [3.05, 3.63) is 23.3 Å². The van der Waals surface area contributed by atoms with Gasteiger partial charge in [0, 0.05) is 18.6 Å². The highest BCUT2D eigenvalue weighted by Crippen LogP contribution is 2.39.